The summed E-state index contributed by atoms with van der Waals surface area (Å²) in [6.45, 7) is 9.24. The molecule has 0 unspecified atom stereocenters. The molecule has 0 saturated carbocycles. The second-order valence-corrected chi connectivity index (χ2v) is 7.74. The number of carbonyl (C=O) groups is 2. The standard InChI is InChI=1S/C22H26N2O2/c1-22(2,3)18-11-7-8-12-19(18)23-13-15-24(16-14-23)21(26)20(25)17-9-5-4-6-10-17/h4-12H,13-16H2,1-3H3. The smallest absolute Gasteiger partial charge is 0.295 e. The van der Waals surface area contributed by atoms with Gasteiger partial charge >= 0.3 is 0 Å². The van der Waals surface area contributed by atoms with Gasteiger partial charge in [0.05, 0.1) is 0 Å². The van der Waals surface area contributed by atoms with Crippen molar-refractivity contribution in [1.82, 2.24) is 4.90 Å². The predicted octanol–water partition coefficient (Wildman–Crippen LogP) is 3.52. The quantitative estimate of drug-likeness (QED) is 0.628. The van der Waals surface area contributed by atoms with Crippen LogP contribution in [0.15, 0.2) is 54.6 Å². The molecule has 1 heterocycles. The topological polar surface area (TPSA) is 40.6 Å². The van der Waals surface area contributed by atoms with E-state index in [1.165, 1.54) is 11.3 Å². The van der Waals surface area contributed by atoms with Gasteiger partial charge in [0.25, 0.3) is 5.91 Å². The minimum Gasteiger partial charge on any atom is -0.368 e. The van der Waals surface area contributed by atoms with Gasteiger partial charge in [-0.2, -0.15) is 0 Å². The van der Waals surface area contributed by atoms with Gasteiger partial charge in [0.2, 0.25) is 5.78 Å². The maximum atomic E-state index is 12.5. The van der Waals surface area contributed by atoms with Crippen molar-refractivity contribution in [3.05, 3.63) is 65.7 Å². The minimum absolute atomic E-state index is 0.0623. The lowest BCUT2D eigenvalue weighted by Crippen LogP contribution is -2.51. The van der Waals surface area contributed by atoms with E-state index in [2.05, 4.69) is 49.9 Å². The van der Waals surface area contributed by atoms with Crippen LogP contribution in [0.3, 0.4) is 0 Å². The summed E-state index contributed by atoms with van der Waals surface area (Å²) in [6, 6.07) is 17.2. The number of piperazine rings is 1. The van der Waals surface area contributed by atoms with E-state index < -0.39 is 11.7 Å². The van der Waals surface area contributed by atoms with Crippen LogP contribution in [-0.2, 0) is 10.2 Å². The molecule has 1 amide bonds. The Hall–Kier alpha value is -2.62. The zero-order valence-corrected chi connectivity index (χ0v) is 15.7. The molecule has 1 fully saturated rings. The normalized spacial score (nSPS) is 15.0. The van der Waals surface area contributed by atoms with Crippen LogP contribution >= 0.6 is 0 Å². The fraction of sp³-hybridized carbons (Fsp3) is 0.364. The zero-order valence-electron chi connectivity index (χ0n) is 15.7. The van der Waals surface area contributed by atoms with Crippen molar-refractivity contribution in [2.45, 2.75) is 26.2 Å². The summed E-state index contributed by atoms with van der Waals surface area (Å²) < 4.78 is 0. The van der Waals surface area contributed by atoms with E-state index in [1.54, 1.807) is 29.2 Å². The number of hydrogen-bond donors (Lipinski definition) is 0. The predicted molar refractivity (Wildman–Crippen MR) is 105 cm³/mol. The van der Waals surface area contributed by atoms with Crippen LogP contribution in [0.1, 0.15) is 36.7 Å². The van der Waals surface area contributed by atoms with E-state index in [0.29, 0.717) is 18.7 Å². The van der Waals surface area contributed by atoms with Gasteiger partial charge in [0.15, 0.2) is 0 Å². The van der Waals surface area contributed by atoms with Crippen molar-refractivity contribution in [1.29, 1.82) is 0 Å². The van der Waals surface area contributed by atoms with Crippen LogP contribution < -0.4 is 4.90 Å². The monoisotopic (exact) mass is 350 g/mol. The Morgan fingerprint density at radius 3 is 2.00 bits per heavy atom. The number of nitrogens with zero attached hydrogens (tertiary/aromatic N) is 2. The number of Topliss-reactive ketones (excluding diaryl/α,β-unsaturated/α-hetero) is 1. The third-order valence-electron chi connectivity index (χ3n) is 4.85. The van der Waals surface area contributed by atoms with Gasteiger partial charge in [-0.05, 0) is 17.0 Å². The number of benzene rings is 2. The fourth-order valence-corrected chi connectivity index (χ4v) is 3.39. The van der Waals surface area contributed by atoms with E-state index in [4.69, 9.17) is 0 Å². The van der Waals surface area contributed by atoms with Gasteiger partial charge < -0.3 is 9.80 Å². The molecule has 0 radical (unpaired) electrons. The summed E-state index contributed by atoms with van der Waals surface area (Å²) in [5.74, 6) is -0.825. The maximum absolute atomic E-state index is 12.5. The first-order chi connectivity index (χ1) is 12.4. The first kappa shape index (κ1) is 18.2. The van der Waals surface area contributed by atoms with Crippen LogP contribution in [0.2, 0.25) is 0 Å². The van der Waals surface area contributed by atoms with Gasteiger partial charge in [0.1, 0.15) is 0 Å². The highest BCUT2D eigenvalue weighted by atomic mass is 16.2. The van der Waals surface area contributed by atoms with Crippen molar-refractivity contribution in [3.8, 4) is 0 Å². The fourth-order valence-electron chi connectivity index (χ4n) is 3.39. The first-order valence-electron chi connectivity index (χ1n) is 9.11. The van der Waals surface area contributed by atoms with Gasteiger partial charge in [-0.3, -0.25) is 9.59 Å². The van der Waals surface area contributed by atoms with Crippen LogP contribution in [0.5, 0.6) is 0 Å². The molecule has 0 aliphatic carbocycles. The number of ketones is 1. The highest BCUT2D eigenvalue weighted by molar-refractivity contribution is 6.42. The highest BCUT2D eigenvalue weighted by Gasteiger charge is 2.28. The second kappa shape index (κ2) is 7.32. The Kier molecular flexibility index (Phi) is 5.12. The Bertz CT molecular complexity index is 785. The number of amides is 1. The van der Waals surface area contributed by atoms with Gasteiger partial charge in [-0.25, -0.2) is 0 Å². The molecule has 1 aliphatic heterocycles. The largest absolute Gasteiger partial charge is 0.368 e. The minimum atomic E-state index is -0.422. The molecule has 2 aromatic carbocycles. The van der Waals surface area contributed by atoms with Crippen molar-refractivity contribution in [3.63, 3.8) is 0 Å². The van der Waals surface area contributed by atoms with Gasteiger partial charge in [-0.15, -0.1) is 0 Å². The lowest BCUT2D eigenvalue weighted by molar-refractivity contribution is -0.126. The summed E-state index contributed by atoms with van der Waals surface area (Å²) >= 11 is 0. The molecule has 0 N–H and O–H groups in total. The molecule has 0 atom stereocenters. The molecule has 0 spiro atoms. The molecule has 4 nitrogen and oxygen atoms in total. The van der Waals surface area contributed by atoms with Crippen LogP contribution in [0, 0.1) is 0 Å². The second-order valence-electron chi connectivity index (χ2n) is 7.74. The van der Waals surface area contributed by atoms with E-state index in [9.17, 15) is 9.59 Å². The Balaban J connectivity index is 1.69. The van der Waals surface area contributed by atoms with E-state index in [-0.39, 0.29) is 5.41 Å². The zero-order chi connectivity index (χ0) is 18.7. The molecule has 4 heteroatoms. The van der Waals surface area contributed by atoms with Gasteiger partial charge in [0, 0.05) is 37.4 Å². The van der Waals surface area contributed by atoms with Crippen LogP contribution in [-0.4, -0.2) is 42.8 Å². The molecule has 136 valence electrons. The summed E-state index contributed by atoms with van der Waals surface area (Å²) in [7, 11) is 0. The van der Waals surface area contributed by atoms with Crippen molar-refractivity contribution in [2.24, 2.45) is 0 Å². The molecule has 26 heavy (non-hydrogen) atoms. The number of anilines is 1. The van der Waals surface area contributed by atoms with Crippen molar-refractivity contribution in [2.75, 3.05) is 31.1 Å². The van der Waals surface area contributed by atoms with Crippen LogP contribution in [0.4, 0.5) is 5.69 Å². The molecular weight excluding hydrogens is 324 g/mol. The van der Waals surface area contributed by atoms with Gasteiger partial charge in [-0.1, -0.05) is 69.3 Å². The van der Waals surface area contributed by atoms with Crippen molar-refractivity contribution < 1.29 is 9.59 Å². The average Bonchev–Trinajstić information content (AvgIpc) is 2.67. The lowest BCUT2D eigenvalue weighted by Gasteiger charge is -2.38. The molecular formula is C22H26N2O2. The molecule has 2 aromatic rings. The lowest BCUT2D eigenvalue weighted by atomic mass is 9.85. The third kappa shape index (κ3) is 3.79. The molecule has 1 aliphatic rings. The summed E-state index contributed by atoms with van der Waals surface area (Å²) in [5.41, 5.74) is 3.05. The summed E-state index contributed by atoms with van der Waals surface area (Å²) in [4.78, 5) is 28.9. The first-order valence-corrected chi connectivity index (χ1v) is 9.11. The number of para-hydroxylation sites is 1. The van der Waals surface area contributed by atoms with Crippen LogP contribution in [0.25, 0.3) is 0 Å². The molecule has 0 bridgehead atoms. The summed E-state index contributed by atoms with van der Waals surface area (Å²) in [6.07, 6.45) is 0. The number of carbonyl (C=O) groups excluding carboxylic acids is 2. The Labute approximate surface area is 155 Å². The highest BCUT2D eigenvalue weighted by Crippen LogP contribution is 2.32. The van der Waals surface area contributed by atoms with E-state index in [0.717, 1.165) is 13.1 Å². The maximum Gasteiger partial charge on any atom is 0.295 e. The van der Waals surface area contributed by atoms with E-state index in [1.807, 2.05) is 6.07 Å². The number of hydrogen-bond acceptors (Lipinski definition) is 3. The third-order valence-corrected chi connectivity index (χ3v) is 4.85. The molecule has 0 aromatic heterocycles. The Morgan fingerprint density at radius 2 is 1.38 bits per heavy atom. The average molecular weight is 350 g/mol. The molecule has 1 saturated heterocycles. The number of rotatable bonds is 3. The van der Waals surface area contributed by atoms with E-state index >= 15 is 0 Å². The SMILES string of the molecule is CC(C)(C)c1ccccc1N1CCN(C(=O)C(=O)c2ccccc2)CC1. The summed E-state index contributed by atoms with van der Waals surface area (Å²) in [5, 5.41) is 0. The van der Waals surface area contributed by atoms with Crippen molar-refractivity contribution >= 4 is 17.4 Å². The molecule has 3 rings (SSSR count). The Morgan fingerprint density at radius 1 is 0.808 bits per heavy atom.